The van der Waals surface area contributed by atoms with Gasteiger partial charge in [0.15, 0.2) is 0 Å². The van der Waals surface area contributed by atoms with Crippen LogP contribution in [0, 0.1) is 5.92 Å². The van der Waals surface area contributed by atoms with Gasteiger partial charge in [-0.1, -0.05) is 136 Å². The monoisotopic (exact) mass is 744 g/mol. The molecule has 0 saturated heterocycles. The van der Waals surface area contributed by atoms with Gasteiger partial charge in [-0.3, -0.25) is 0 Å². The summed E-state index contributed by atoms with van der Waals surface area (Å²) in [5, 5.41) is 2.59. The summed E-state index contributed by atoms with van der Waals surface area (Å²) in [4.78, 5) is 4.85. The molecule has 0 saturated carbocycles. The molecule has 2 unspecified atom stereocenters. The van der Waals surface area contributed by atoms with E-state index in [2.05, 4.69) is 213 Å². The summed E-state index contributed by atoms with van der Waals surface area (Å²) in [6.07, 6.45) is 7.13. The molecule has 9 rings (SSSR count). The average Bonchev–Trinajstić information content (AvgIpc) is 3.63. The van der Waals surface area contributed by atoms with Crippen LogP contribution in [0.3, 0.4) is 0 Å². The van der Waals surface area contributed by atoms with Crippen molar-refractivity contribution < 1.29 is 0 Å². The molecule has 1 aliphatic carbocycles. The minimum absolute atomic E-state index is 0.162. The summed E-state index contributed by atoms with van der Waals surface area (Å²) in [6, 6.07) is 64.7. The summed E-state index contributed by atoms with van der Waals surface area (Å²) in [5.74, 6) is 0.585. The summed E-state index contributed by atoms with van der Waals surface area (Å²) in [6.45, 7) is 7.08. The number of hydrogen-bond donors (Lipinski definition) is 0. The number of para-hydroxylation sites is 2. The van der Waals surface area contributed by atoms with E-state index in [4.69, 9.17) is 0 Å². The fourth-order valence-electron chi connectivity index (χ4n) is 9.15. The molecule has 1 aliphatic rings. The Morgan fingerprint density at radius 2 is 1.16 bits per heavy atom. The number of nitrogens with zero attached hydrogens (tertiary/aromatic N) is 2. The highest BCUT2D eigenvalue weighted by Crippen LogP contribution is 2.48. The van der Waals surface area contributed by atoms with Crippen molar-refractivity contribution in [1.29, 1.82) is 0 Å². The van der Waals surface area contributed by atoms with Gasteiger partial charge in [-0.2, -0.15) is 0 Å². The van der Waals surface area contributed by atoms with E-state index in [0.29, 0.717) is 5.92 Å². The van der Waals surface area contributed by atoms with Gasteiger partial charge in [0.25, 0.3) is 0 Å². The van der Waals surface area contributed by atoms with Crippen LogP contribution in [-0.2, 0) is 5.41 Å². The van der Waals surface area contributed by atoms with Gasteiger partial charge in [0, 0.05) is 54.2 Å². The summed E-state index contributed by atoms with van der Waals surface area (Å²) in [7, 11) is 0. The van der Waals surface area contributed by atoms with Crippen LogP contribution >= 0.6 is 11.3 Å². The lowest BCUT2D eigenvalue weighted by Crippen LogP contribution is -2.31. The minimum atomic E-state index is 0.162. The SMILES string of the molecule is CCC1=CC(C)CC(CC)(c2ccc(N(c3cccc(N(c4ccccc4)c4ccc5sc6ccccc6c5c4)c3)c3ccccc3-c3ccccc3)cc2)C1. The first-order chi connectivity index (χ1) is 27.5. The maximum atomic E-state index is 2.52. The molecule has 1 heterocycles. The van der Waals surface area contributed by atoms with Gasteiger partial charge in [-0.15, -0.1) is 11.3 Å². The molecule has 3 heteroatoms. The van der Waals surface area contributed by atoms with Crippen molar-refractivity contribution in [2.45, 2.75) is 51.9 Å². The zero-order chi connectivity index (χ0) is 38.1. The van der Waals surface area contributed by atoms with E-state index in [1.54, 1.807) is 5.57 Å². The predicted octanol–water partition coefficient (Wildman–Crippen LogP) is 16.1. The lowest BCUT2D eigenvalue weighted by atomic mass is 9.65. The molecule has 0 amide bonds. The van der Waals surface area contributed by atoms with E-state index in [1.807, 2.05) is 11.3 Å². The maximum Gasteiger partial charge on any atom is 0.0540 e. The Bertz CT molecular complexity index is 2640. The molecule has 7 aromatic carbocycles. The summed E-state index contributed by atoms with van der Waals surface area (Å²) < 4.78 is 2.62. The zero-order valence-electron chi connectivity index (χ0n) is 32.5. The Balaban J connectivity index is 1.20. The number of thiophene rings is 1. The van der Waals surface area contributed by atoms with Gasteiger partial charge in [-0.05, 0) is 121 Å². The van der Waals surface area contributed by atoms with Gasteiger partial charge in [0.1, 0.15) is 0 Å². The molecule has 56 heavy (non-hydrogen) atoms. The standard InChI is InChI=1S/C53H48N2S/c1-4-39-33-38(3)36-53(5-2,37-39)41-27-29-43(30-28-41)55(50-25-14-12-23-47(50)40-17-8-6-9-18-40)45-22-16-21-44(34-45)54(42-19-10-7-11-20-42)46-31-32-52-49(35-46)48-24-13-15-26-51(48)56-52/h6-35,38H,4-5,36-37H2,1-3H3. The fraction of sp³-hybridized carbons (Fsp3) is 0.170. The molecule has 0 fully saturated rings. The van der Waals surface area contributed by atoms with E-state index in [0.717, 1.165) is 53.4 Å². The second kappa shape index (κ2) is 15.3. The quantitative estimate of drug-likeness (QED) is 0.129. The average molecular weight is 745 g/mol. The van der Waals surface area contributed by atoms with Gasteiger partial charge < -0.3 is 9.80 Å². The molecule has 0 N–H and O–H groups in total. The third-order valence-electron chi connectivity index (χ3n) is 11.9. The molecule has 2 nitrogen and oxygen atoms in total. The van der Waals surface area contributed by atoms with Crippen LogP contribution in [-0.4, -0.2) is 0 Å². The Labute approximate surface area is 336 Å². The van der Waals surface area contributed by atoms with Crippen LogP contribution in [0.25, 0.3) is 31.3 Å². The Kier molecular flexibility index (Phi) is 9.79. The van der Waals surface area contributed by atoms with Crippen molar-refractivity contribution in [2.24, 2.45) is 5.92 Å². The van der Waals surface area contributed by atoms with E-state index in [1.165, 1.54) is 43.3 Å². The first-order valence-corrected chi connectivity index (χ1v) is 21.0. The van der Waals surface area contributed by atoms with E-state index in [9.17, 15) is 0 Å². The summed E-state index contributed by atoms with van der Waals surface area (Å²) in [5.41, 5.74) is 12.4. The number of anilines is 6. The van der Waals surface area contributed by atoms with Crippen molar-refractivity contribution >= 4 is 65.6 Å². The predicted molar refractivity (Wildman–Crippen MR) is 243 cm³/mol. The molecule has 0 bridgehead atoms. The Morgan fingerprint density at radius 3 is 1.93 bits per heavy atom. The number of hydrogen-bond acceptors (Lipinski definition) is 3. The molecule has 1 aromatic heterocycles. The number of fused-ring (bicyclic) bond motifs is 3. The molecule has 0 radical (unpaired) electrons. The van der Waals surface area contributed by atoms with Crippen LogP contribution in [0.4, 0.5) is 34.1 Å². The van der Waals surface area contributed by atoms with E-state index in [-0.39, 0.29) is 5.41 Å². The number of allylic oxidation sites excluding steroid dienone is 2. The number of rotatable bonds is 10. The van der Waals surface area contributed by atoms with Crippen molar-refractivity contribution in [3.63, 3.8) is 0 Å². The second-order valence-corrected chi connectivity index (χ2v) is 16.5. The van der Waals surface area contributed by atoms with Crippen LogP contribution in [0.2, 0.25) is 0 Å². The molecular formula is C53H48N2S. The smallest absolute Gasteiger partial charge is 0.0540 e. The highest BCUT2D eigenvalue weighted by molar-refractivity contribution is 7.25. The van der Waals surface area contributed by atoms with Crippen molar-refractivity contribution in [3.8, 4) is 11.1 Å². The normalized spacial score (nSPS) is 16.8. The van der Waals surface area contributed by atoms with Gasteiger partial charge in [-0.25, -0.2) is 0 Å². The molecule has 0 aliphatic heterocycles. The van der Waals surface area contributed by atoms with Crippen LogP contribution < -0.4 is 9.80 Å². The third kappa shape index (κ3) is 6.71. The van der Waals surface area contributed by atoms with E-state index >= 15 is 0 Å². The van der Waals surface area contributed by atoms with Crippen molar-refractivity contribution in [1.82, 2.24) is 0 Å². The topological polar surface area (TPSA) is 6.48 Å². The van der Waals surface area contributed by atoms with Crippen LogP contribution in [0.15, 0.2) is 188 Å². The Hall–Kier alpha value is -5.90. The highest BCUT2D eigenvalue weighted by atomic mass is 32.1. The largest absolute Gasteiger partial charge is 0.310 e. The molecule has 276 valence electrons. The maximum absolute atomic E-state index is 2.52. The number of benzene rings is 7. The molecule has 8 aromatic rings. The lowest BCUT2D eigenvalue weighted by Gasteiger charge is -2.40. The fourth-order valence-corrected chi connectivity index (χ4v) is 10.2. The first kappa shape index (κ1) is 35.8. The third-order valence-corrected chi connectivity index (χ3v) is 13.0. The van der Waals surface area contributed by atoms with Gasteiger partial charge in [0.2, 0.25) is 0 Å². The van der Waals surface area contributed by atoms with Crippen molar-refractivity contribution in [2.75, 3.05) is 9.80 Å². The summed E-state index contributed by atoms with van der Waals surface area (Å²) >= 11 is 1.86. The highest BCUT2D eigenvalue weighted by Gasteiger charge is 2.35. The van der Waals surface area contributed by atoms with E-state index < -0.39 is 0 Å². The van der Waals surface area contributed by atoms with Crippen LogP contribution in [0.5, 0.6) is 0 Å². The van der Waals surface area contributed by atoms with Gasteiger partial charge in [0.05, 0.1) is 5.69 Å². The first-order valence-electron chi connectivity index (χ1n) is 20.1. The zero-order valence-corrected chi connectivity index (χ0v) is 33.3. The minimum Gasteiger partial charge on any atom is -0.310 e. The van der Waals surface area contributed by atoms with Gasteiger partial charge >= 0.3 is 0 Å². The molecule has 0 spiro atoms. The van der Waals surface area contributed by atoms with Crippen LogP contribution in [0.1, 0.15) is 52.0 Å². The second-order valence-electron chi connectivity index (χ2n) is 15.4. The van der Waals surface area contributed by atoms with Crippen molar-refractivity contribution in [3.05, 3.63) is 193 Å². The Morgan fingerprint density at radius 1 is 0.554 bits per heavy atom. The molecular weight excluding hydrogens is 697 g/mol. The lowest BCUT2D eigenvalue weighted by molar-refractivity contribution is 0.316. The molecule has 2 atom stereocenters.